The molecule has 27 heavy (non-hydrogen) atoms. The highest BCUT2D eigenvalue weighted by Gasteiger charge is 2.39. The van der Waals surface area contributed by atoms with Gasteiger partial charge in [0.1, 0.15) is 11.4 Å². The van der Waals surface area contributed by atoms with Crippen molar-refractivity contribution in [2.24, 2.45) is 0 Å². The Balaban J connectivity index is 0.000000454. The van der Waals surface area contributed by atoms with E-state index in [-0.39, 0.29) is 17.6 Å². The summed E-state index contributed by atoms with van der Waals surface area (Å²) < 4.78 is 9.92. The number of hydrogen-bond acceptors (Lipinski definition) is 7. The average Bonchev–Trinajstić information content (AvgIpc) is 3.08. The van der Waals surface area contributed by atoms with E-state index in [0.29, 0.717) is 12.0 Å². The van der Waals surface area contributed by atoms with Gasteiger partial charge >= 0.3 is 8.60 Å². The number of aliphatic hydroxyl groups excluding tert-OH is 1. The van der Waals surface area contributed by atoms with E-state index >= 15 is 0 Å². The molecule has 2 aliphatic rings. The molecule has 1 amide bonds. The molecule has 0 bridgehead atoms. The van der Waals surface area contributed by atoms with Crippen LogP contribution in [0.2, 0.25) is 0 Å². The predicted molar refractivity (Wildman–Crippen MR) is 101 cm³/mol. The number of likely N-dealkylation sites (tertiary alicyclic amines) is 1. The number of carbonyl (C=O) groups excluding carboxylic acids is 1. The van der Waals surface area contributed by atoms with E-state index in [1.807, 2.05) is 30.9 Å². The number of hydrogen-bond donors (Lipinski definition) is 3. The number of fused-ring (bicyclic) bond motifs is 1. The number of nitrogens with zero attached hydrogens (tertiary/aromatic N) is 2. The lowest BCUT2D eigenvalue weighted by molar-refractivity contribution is -0.131. The normalized spacial score (nSPS) is 19.7. The monoisotopic (exact) mass is 398 g/mol. The van der Waals surface area contributed by atoms with Gasteiger partial charge in [-0.1, -0.05) is 0 Å². The van der Waals surface area contributed by atoms with Gasteiger partial charge in [-0.2, -0.15) is 5.26 Å². The molecule has 1 atom stereocenters. The van der Waals surface area contributed by atoms with E-state index in [4.69, 9.17) is 24.9 Å². The zero-order valence-electron chi connectivity index (χ0n) is 16.0. The summed E-state index contributed by atoms with van der Waals surface area (Å²) in [5.74, 6) is 1.01. The van der Waals surface area contributed by atoms with Gasteiger partial charge in [0.15, 0.2) is 0 Å². The summed E-state index contributed by atoms with van der Waals surface area (Å²) in [6.07, 6.45) is 2.32. The maximum Gasteiger partial charge on any atom is 0.326 e. The van der Waals surface area contributed by atoms with E-state index in [0.717, 1.165) is 37.8 Å². The summed E-state index contributed by atoms with van der Waals surface area (Å²) in [6, 6.07) is 7.66. The fourth-order valence-corrected chi connectivity index (χ4v) is 3.16. The Kier molecular flexibility index (Phi) is 9.10. The maximum atomic E-state index is 12.1. The van der Waals surface area contributed by atoms with Crippen LogP contribution in [0.5, 0.6) is 5.75 Å². The minimum absolute atomic E-state index is 0.0250. The van der Waals surface area contributed by atoms with Gasteiger partial charge < -0.3 is 29.1 Å². The first kappa shape index (κ1) is 23.3. The van der Waals surface area contributed by atoms with Crippen LogP contribution in [0, 0.1) is 11.3 Å². The SMILES string of the molecule is CC1(C)CC(N2CCCC2=O)c2cc(C#N)ccc2O1.CO.COP(O)O. The molecule has 3 rings (SSSR count). The van der Waals surface area contributed by atoms with Crippen LogP contribution in [0.4, 0.5) is 0 Å². The second-order valence-corrected chi connectivity index (χ2v) is 7.44. The fourth-order valence-electron chi connectivity index (χ4n) is 3.16. The molecule has 2 heterocycles. The molecule has 150 valence electrons. The Morgan fingerprint density at radius 1 is 1.37 bits per heavy atom. The van der Waals surface area contributed by atoms with Crippen molar-refractivity contribution in [1.82, 2.24) is 4.90 Å². The van der Waals surface area contributed by atoms with Crippen LogP contribution in [0.25, 0.3) is 0 Å². The molecule has 0 spiro atoms. The number of ether oxygens (including phenoxy) is 1. The molecule has 0 radical (unpaired) electrons. The van der Waals surface area contributed by atoms with Crippen LogP contribution >= 0.6 is 8.60 Å². The molecule has 1 unspecified atom stereocenters. The molecule has 1 aromatic carbocycles. The highest BCUT2D eigenvalue weighted by Crippen LogP contribution is 2.44. The first-order valence-corrected chi connectivity index (χ1v) is 9.63. The van der Waals surface area contributed by atoms with Gasteiger partial charge in [-0.25, -0.2) is 0 Å². The van der Waals surface area contributed by atoms with Gasteiger partial charge in [-0.3, -0.25) is 4.79 Å². The van der Waals surface area contributed by atoms with E-state index in [1.54, 1.807) is 6.07 Å². The van der Waals surface area contributed by atoms with Crippen molar-refractivity contribution in [3.63, 3.8) is 0 Å². The van der Waals surface area contributed by atoms with Gasteiger partial charge in [0.2, 0.25) is 5.91 Å². The molecule has 9 heteroatoms. The molecule has 8 nitrogen and oxygen atoms in total. The maximum absolute atomic E-state index is 12.1. The van der Waals surface area contributed by atoms with E-state index in [9.17, 15) is 4.79 Å². The molecular formula is C18H27N2O6P. The largest absolute Gasteiger partial charge is 0.487 e. The molecule has 1 aromatic rings. The molecule has 0 saturated carbocycles. The predicted octanol–water partition coefficient (Wildman–Crippen LogP) is 2.24. The summed E-state index contributed by atoms with van der Waals surface area (Å²) in [5, 5.41) is 16.1. The lowest BCUT2D eigenvalue weighted by Gasteiger charge is -2.41. The first-order chi connectivity index (χ1) is 12.8. The summed E-state index contributed by atoms with van der Waals surface area (Å²) in [7, 11) is 0.130. The number of rotatable bonds is 2. The summed E-state index contributed by atoms with van der Waals surface area (Å²) >= 11 is 0. The number of carbonyl (C=O) groups is 1. The van der Waals surface area contributed by atoms with Crippen molar-refractivity contribution in [2.75, 3.05) is 20.8 Å². The van der Waals surface area contributed by atoms with Crippen molar-refractivity contribution >= 4 is 14.5 Å². The number of benzene rings is 1. The summed E-state index contributed by atoms with van der Waals surface area (Å²) in [4.78, 5) is 29.5. The van der Waals surface area contributed by atoms with Crippen molar-refractivity contribution in [1.29, 1.82) is 5.26 Å². The van der Waals surface area contributed by atoms with Gasteiger partial charge in [0.05, 0.1) is 17.7 Å². The second kappa shape index (κ2) is 10.5. The standard InChI is InChI=1S/C16H18N2O2.CH5O3P.CH4O/c1-16(2)9-13(18-7-3-4-15(18)19)12-8-11(10-17)5-6-14(12)20-16;1-4-5(2)3;1-2/h5-6,8,13H,3-4,7,9H2,1-2H3;2-3H,1H3;2H,1H3. The Morgan fingerprint density at radius 3 is 2.48 bits per heavy atom. The molecule has 0 aliphatic carbocycles. The molecule has 3 N–H and O–H groups in total. The van der Waals surface area contributed by atoms with Gasteiger partial charge in [0.25, 0.3) is 0 Å². The highest BCUT2D eigenvalue weighted by atomic mass is 31.2. The topological polar surface area (TPSA) is 123 Å². The fraction of sp³-hybridized carbons (Fsp3) is 0.556. The van der Waals surface area contributed by atoms with Gasteiger partial charge in [0, 0.05) is 39.2 Å². The summed E-state index contributed by atoms with van der Waals surface area (Å²) in [6.45, 7) is 4.89. The minimum Gasteiger partial charge on any atom is -0.487 e. The minimum atomic E-state index is -2.10. The Hall–Kier alpha value is -1.75. The van der Waals surface area contributed by atoms with E-state index in [1.165, 1.54) is 7.11 Å². The third-order valence-electron chi connectivity index (χ3n) is 4.22. The third-order valence-corrected chi connectivity index (χ3v) is 4.55. The Morgan fingerprint density at radius 2 is 2.00 bits per heavy atom. The lowest BCUT2D eigenvalue weighted by Crippen LogP contribution is -2.42. The zero-order chi connectivity index (χ0) is 20.6. The van der Waals surface area contributed by atoms with E-state index < -0.39 is 8.60 Å². The highest BCUT2D eigenvalue weighted by molar-refractivity contribution is 7.39. The van der Waals surface area contributed by atoms with Crippen LogP contribution in [0.1, 0.15) is 50.3 Å². The van der Waals surface area contributed by atoms with Crippen LogP contribution in [-0.4, -0.2) is 52.1 Å². The number of amides is 1. The Labute approximate surface area is 160 Å². The molecule has 2 aliphatic heterocycles. The number of aliphatic hydroxyl groups is 1. The van der Waals surface area contributed by atoms with Crippen LogP contribution in [0.15, 0.2) is 18.2 Å². The summed E-state index contributed by atoms with van der Waals surface area (Å²) in [5.41, 5.74) is 1.29. The molecule has 0 aromatic heterocycles. The molecule has 1 fully saturated rings. The van der Waals surface area contributed by atoms with Gasteiger partial charge in [-0.05, 0) is 38.5 Å². The molecular weight excluding hydrogens is 371 g/mol. The number of nitriles is 1. The lowest BCUT2D eigenvalue weighted by atomic mass is 9.88. The zero-order valence-corrected chi connectivity index (χ0v) is 16.9. The first-order valence-electron chi connectivity index (χ1n) is 8.46. The van der Waals surface area contributed by atoms with Crippen LogP contribution in [0.3, 0.4) is 0 Å². The van der Waals surface area contributed by atoms with Crippen molar-refractivity contribution in [2.45, 2.75) is 44.8 Å². The van der Waals surface area contributed by atoms with E-state index in [2.05, 4.69) is 10.6 Å². The molecule has 1 saturated heterocycles. The van der Waals surface area contributed by atoms with Crippen LogP contribution in [-0.2, 0) is 9.32 Å². The quantitative estimate of drug-likeness (QED) is 0.653. The Bertz CT molecular complexity index is 674. The van der Waals surface area contributed by atoms with Crippen molar-refractivity contribution < 1.29 is 28.9 Å². The second-order valence-electron chi connectivity index (χ2n) is 6.57. The van der Waals surface area contributed by atoms with Crippen LogP contribution < -0.4 is 4.74 Å². The third kappa shape index (κ3) is 6.42. The van der Waals surface area contributed by atoms with Gasteiger partial charge in [-0.15, -0.1) is 0 Å². The van der Waals surface area contributed by atoms with Crippen molar-refractivity contribution in [3.05, 3.63) is 29.3 Å². The average molecular weight is 398 g/mol. The van der Waals surface area contributed by atoms with Crippen molar-refractivity contribution in [3.8, 4) is 11.8 Å². The smallest absolute Gasteiger partial charge is 0.326 e.